The maximum absolute atomic E-state index is 8.96. The van der Waals surface area contributed by atoms with E-state index in [2.05, 4.69) is 11.8 Å². The number of nitrogens with zero attached hydrogens (tertiary/aromatic N) is 1. The summed E-state index contributed by atoms with van der Waals surface area (Å²) in [5.41, 5.74) is 0. The molecule has 0 aromatic carbocycles. The molecule has 1 N–H and O–H groups in total. The number of likely N-dealkylation sites (tertiary alicyclic amines) is 1. The summed E-state index contributed by atoms with van der Waals surface area (Å²) < 4.78 is 0. The van der Waals surface area contributed by atoms with E-state index in [1.165, 1.54) is 32.4 Å². The normalized spacial score (nSPS) is 28.4. The predicted molar refractivity (Wildman–Crippen MR) is 46.5 cm³/mol. The van der Waals surface area contributed by atoms with Gasteiger partial charge in [-0.25, -0.2) is 0 Å². The van der Waals surface area contributed by atoms with Crippen LogP contribution in [0, 0.1) is 5.92 Å². The van der Waals surface area contributed by atoms with Crippen LogP contribution in [0.5, 0.6) is 0 Å². The molecule has 0 bridgehead atoms. The molecule has 1 heterocycles. The maximum Gasteiger partial charge on any atom is 0.0459 e. The van der Waals surface area contributed by atoms with Crippen LogP contribution in [0.1, 0.15) is 26.2 Å². The number of aliphatic hydroxyl groups excluding tert-OH is 1. The average Bonchev–Trinajstić information content (AvgIpc) is 2.28. The third-order valence-corrected chi connectivity index (χ3v) is 2.65. The number of hydrogen-bond donors (Lipinski definition) is 1. The van der Waals surface area contributed by atoms with Gasteiger partial charge in [-0.1, -0.05) is 6.92 Å². The highest BCUT2D eigenvalue weighted by Crippen LogP contribution is 2.15. The molecule has 0 aromatic rings. The summed E-state index contributed by atoms with van der Waals surface area (Å²) in [6, 6.07) is 0. The van der Waals surface area contributed by atoms with E-state index < -0.39 is 0 Å². The van der Waals surface area contributed by atoms with Gasteiger partial charge in [-0.2, -0.15) is 0 Å². The standard InChI is InChI=1S/C9H19NO/c1-2-10-6-3-4-9(8-11)5-7-10/h9,11H,2-8H2,1H3. The molecule has 0 radical (unpaired) electrons. The zero-order valence-electron chi connectivity index (χ0n) is 7.42. The molecule has 2 nitrogen and oxygen atoms in total. The number of aliphatic hydroxyl groups is 1. The van der Waals surface area contributed by atoms with Crippen molar-refractivity contribution >= 4 is 0 Å². The summed E-state index contributed by atoms with van der Waals surface area (Å²) in [6.07, 6.45) is 3.66. The van der Waals surface area contributed by atoms with Gasteiger partial charge in [0.1, 0.15) is 0 Å². The molecule has 0 amide bonds. The van der Waals surface area contributed by atoms with Gasteiger partial charge in [-0.05, 0) is 44.8 Å². The fourth-order valence-corrected chi connectivity index (χ4v) is 1.72. The maximum atomic E-state index is 8.96. The van der Waals surface area contributed by atoms with Crippen molar-refractivity contribution in [2.24, 2.45) is 5.92 Å². The Morgan fingerprint density at radius 2 is 2.18 bits per heavy atom. The Balaban J connectivity index is 2.27. The van der Waals surface area contributed by atoms with Crippen LogP contribution in [0.2, 0.25) is 0 Å². The van der Waals surface area contributed by atoms with E-state index in [0.717, 1.165) is 6.54 Å². The van der Waals surface area contributed by atoms with Gasteiger partial charge in [0.2, 0.25) is 0 Å². The molecule has 66 valence electrons. The second kappa shape index (κ2) is 4.73. The van der Waals surface area contributed by atoms with Gasteiger partial charge in [0, 0.05) is 6.61 Å². The van der Waals surface area contributed by atoms with Crippen molar-refractivity contribution in [3.63, 3.8) is 0 Å². The van der Waals surface area contributed by atoms with Crippen molar-refractivity contribution in [1.82, 2.24) is 4.90 Å². The molecular formula is C9H19NO. The van der Waals surface area contributed by atoms with Gasteiger partial charge >= 0.3 is 0 Å². The lowest BCUT2D eigenvalue weighted by Crippen LogP contribution is -2.24. The summed E-state index contributed by atoms with van der Waals surface area (Å²) in [4.78, 5) is 2.47. The van der Waals surface area contributed by atoms with E-state index in [1.807, 2.05) is 0 Å². The van der Waals surface area contributed by atoms with Crippen LogP contribution in [0.25, 0.3) is 0 Å². The molecule has 0 aromatic heterocycles. The molecule has 2 heteroatoms. The first-order valence-electron chi connectivity index (χ1n) is 4.70. The van der Waals surface area contributed by atoms with Gasteiger partial charge in [-0.15, -0.1) is 0 Å². The zero-order chi connectivity index (χ0) is 8.10. The summed E-state index contributed by atoms with van der Waals surface area (Å²) in [6.45, 7) is 6.17. The largest absolute Gasteiger partial charge is 0.396 e. The lowest BCUT2D eigenvalue weighted by atomic mass is 10.0. The quantitative estimate of drug-likeness (QED) is 0.649. The van der Waals surface area contributed by atoms with Crippen LogP contribution in [0.4, 0.5) is 0 Å². The first-order chi connectivity index (χ1) is 5.36. The molecular weight excluding hydrogens is 138 g/mol. The first-order valence-corrected chi connectivity index (χ1v) is 4.70. The van der Waals surface area contributed by atoms with Crippen LogP contribution >= 0.6 is 0 Å². The molecule has 0 spiro atoms. The van der Waals surface area contributed by atoms with E-state index in [0.29, 0.717) is 12.5 Å². The van der Waals surface area contributed by atoms with Crippen LogP contribution in [-0.2, 0) is 0 Å². The minimum absolute atomic E-state index is 0.386. The highest BCUT2D eigenvalue weighted by Gasteiger charge is 2.14. The van der Waals surface area contributed by atoms with Gasteiger partial charge in [-0.3, -0.25) is 0 Å². The van der Waals surface area contributed by atoms with Crippen LogP contribution < -0.4 is 0 Å². The monoisotopic (exact) mass is 157 g/mol. The fraction of sp³-hybridized carbons (Fsp3) is 1.00. The Morgan fingerprint density at radius 1 is 1.36 bits per heavy atom. The summed E-state index contributed by atoms with van der Waals surface area (Å²) in [5.74, 6) is 0.576. The molecule has 1 fully saturated rings. The molecule has 1 atom stereocenters. The Labute approximate surface area is 69.2 Å². The Bertz CT molecular complexity index is 93.7. The topological polar surface area (TPSA) is 23.5 Å². The minimum atomic E-state index is 0.386. The lowest BCUT2D eigenvalue weighted by Gasteiger charge is -2.16. The van der Waals surface area contributed by atoms with Gasteiger partial charge in [0.15, 0.2) is 0 Å². The van der Waals surface area contributed by atoms with E-state index in [1.54, 1.807) is 0 Å². The third kappa shape index (κ3) is 2.80. The molecule has 1 aliphatic heterocycles. The minimum Gasteiger partial charge on any atom is -0.396 e. The van der Waals surface area contributed by atoms with E-state index in [-0.39, 0.29) is 0 Å². The van der Waals surface area contributed by atoms with Gasteiger partial charge in [0.25, 0.3) is 0 Å². The average molecular weight is 157 g/mol. The number of hydrogen-bond acceptors (Lipinski definition) is 2. The second-order valence-electron chi connectivity index (χ2n) is 3.41. The Morgan fingerprint density at radius 3 is 2.82 bits per heavy atom. The van der Waals surface area contributed by atoms with E-state index in [9.17, 15) is 0 Å². The molecule has 1 unspecified atom stereocenters. The van der Waals surface area contributed by atoms with Crippen molar-refractivity contribution in [1.29, 1.82) is 0 Å². The molecule has 11 heavy (non-hydrogen) atoms. The molecule has 0 saturated carbocycles. The first kappa shape index (κ1) is 9.01. The predicted octanol–water partition coefficient (Wildman–Crippen LogP) is 1.10. The third-order valence-electron chi connectivity index (χ3n) is 2.65. The fourth-order valence-electron chi connectivity index (χ4n) is 1.72. The SMILES string of the molecule is CCN1CCCC(CO)CC1. The van der Waals surface area contributed by atoms with Crippen molar-refractivity contribution in [2.75, 3.05) is 26.2 Å². The summed E-state index contributed by atoms with van der Waals surface area (Å²) in [5, 5.41) is 8.96. The number of rotatable bonds is 2. The summed E-state index contributed by atoms with van der Waals surface area (Å²) in [7, 11) is 0. The van der Waals surface area contributed by atoms with Crippen LogP contribution in [0.15, 0.2) is 0 Å². The van der Waals surface area contributed by atoms with Gasteiger partial charge < -0.3 is 10.0 Å². The van der Waals surface area contributed by atoms with Crippen molar-refractivity contribution in [3.05, 3.63) is 0 Å². The van der Waals surface area contributed by atoms with Crippen molar-refractivity contribution < 1.29 is 5.11 Å². The highest BCUT2D eigenvalue weighted by molar-refractivity contribution is 4.68. The Kier molecular flexibility index (Phi) is 3.87. The lowest BCUT2D eigenvalue weighted by molar-refractivity contribution is 0.209. The molecule has 1 saturated heterocycles. The zero-order valence-corrected chi connectivity index (χ0v) is 7.42. The smallest absolute Gasteiger partial charge is 0.0459 e. The van der Waals surface area contributed by atoms with E-state index >= 15 is 0 Å². The van der Waals surface area contributed by atoms with E-state index in [4.69, 9.17) is 5.11 Å². The van der Waals surface area contributed by atoms with Crippen molar-refractivity contribution in [3.8, 4) is 0 Å². The molecule has 1 aliphatic rings. The van der Waals surface area contributed by atoms with Crippen molar-refractivity contribution in [2.45, 2.75) is 26.2 Å². The second-order valence-corrected chi connectivity index (χ2v) is 3.41. The highest BCUT2D eigenvalue weighted by atomic mass is 16.3. The van der Waals surface area contributed by atoms with Crippen LogP contribution in [0.3, 0.4) is 0 Å². The van der Waals surface area contributed by atoms with Crippen LogP contribution in [-0.4, -0.2) is 36.2 Å². The van der Waals surface area contributed by atoms with Gasteiger partial charge in [0.05, 0.1) is 0 Å². The molecule has 0 aliphatic carbocycles. The Hall–Kier alpha value is -0.0800. The molecule has 1 rings (SSSR count). The summed E-state index contributed by atoms with van der Waals surface area (Å²) >= 11 is 0.